The molecule has 1 amide bonds. The Morgan fingerprint density at radius 1 is 1.00 bits per heavy atom. The predicted octanol–water partition coefficient (Wildman–Crippen LogP) is 4.53. The molecule has 36 heavy (non-hydrogen) atoms. The van der Waals surface area contributed by atoms with Crippen LogP contribution in [0.1, 0.15) is 75.9 Å². The van der Waals surface area contributed by atoms with E-state index in [-0.39, 0.29) is 36.5 Å². The molecule has 4 heterocycles. The maximum Gasteiger partial charge on any atom is 0.496 e. The zero-order valence-electron chi connectivity index (χ0n) is 21.6. The highest BCUT2D eigenvalue weighted by Crippen LogP contribution is 2.39. The summed E-state index contributed by atoms with van der Waals surface area (Å²) in [6.07, 6.45) is 5.58. The third-order valence-electron chi connectivity index (χ3n) is 8.33. The number of ketones is 1. The van der Waals surface area contributed by atoms with Gasteiger partial charge >= 0.3 is 13.2 Å². The summed E-state index contributed by atoms with van der Waals surface area (Å²) in [4.78, 5) is 32.8. The van der Waals surface area contributed by atoms with Crippen molar-refractivity contribution in [1.29, 1.82) is 0 Å². The molecule has 0 saturated carbocycles. The molecule has 2 aromatic rings. The Morgan fingerprint density at radius 3 is 2.22 bits per heavy atom. The van der Waals surface area contributed by atoms with E-state index in [0.29, 0.717) is 18.5 Å². The number of nitrogens with zero attached hydrogens (tertiary/aromatic N) is 2. The van der Waals surface area contributed by atoms with Crippen molar-refractivity contribution in [3.05, 3.63) is 59.9 Å². The third kappa shape index (κ3) is 4.81. The van der Waals surface area contributed by atoms with Gasteiger partial charge in [-0.1, -0.05) is 36.4 Å². The summed E-state index contributed by atoms with van der Waals surface area (Å²) in [6, 6.07) is 13.4. The minimum atomic E-state index is -0.504. The molecule has 0 aliphatic carbocycles. The van der Waals surface area contributed by atoms with Gasteiger partial charge in [-0.3, -0.25) is 9.78 Å². The predicted molar refractivity (Wildman–Crippen MR) is 137 cm³/mol. The smallest absolute Gasteiger partial charge is 0.445 e. The molecule has 1 aromatic heterocycles. The van der Waals surface area contributed by atoms with Crippen LogP contribution in [-0.4, -0.2) is 52.2 Å². The van der Waals surface area contributed by atoms with Crippen LogP contribution in [0.15, 0.2) is 48.7 Å². The van der Waals surface area contributed by atoms with Gasteiger partial charge in [-0.2, -0.15) is 0 Å². The zero-order valence-corrected chi connectivity index (χ0v) is 21.6. The van der Waals surface area contributed by atoms with Crippen LogP contribution in [0.3, 0.4) is 0 Å². The summed E-state index contributed by atoms with van der Waals surface area (Å²) < 4.78 is 17.8. The lowest BCUT2D eigenvalue weighted by atomic mass is 9.76. The van der Waals surface area contributed by atoms with Crippen molar-refractivity contribution < 1.29 is 23.6 Å². The number of ether oxygens (including phenoxy) is 1. The second kappa shape index (κ2) is 9.63. The number of rotatable bonds is 5. The van der Waals surface area contributed by atoms with Crippen molar-refractivity contribution in [1.82, 2.24) is 9.88 Å². The second-order valence-electron chi connectivity index (χ2n) is 11.3. The minimum Gasteiger partial charge on any atom is -0.445 e. The van der Waals surface area contributed by atoms with Gasteiger partial charge in [0.05, 0.1) is 11.2 Å². The molecule has 7 nitrogen and oxygen atoms in total. The van der Waals surface area contributed by atoms with Crippen LogP contribution in [0.4, 0.5) is 4.79 Å². The lowest BCUT2D eigenvalue weighted by molar-refractivity contribution is 0.00463. The molecule has 0 N–H and O–H groups in total. The number of carbonyl (C=O) groups excluding carboxylic acids is 2. The Kier molecular flexibility index (Phi) is 6.68. The normalized spacial score (nSPS) is 26.5. The molecule has 0 spiro atoms. The maximum atomic E-state index is 13.4. The number of amides is 1. The standard InChI is InChI=1S/C28H35BN2O5/c1-27(2)28(3,4)36-29(35-27)21-13-14-24(30-17-21)25(32)20-15-22-11-8-12-23(16-20)31(22)26(33)34-18-19-9-6-5-7-10-19/h5-7,9-10,13-14,17,20,22-23H,8,11-12,15-16,18H2,1-4H3. The van der Waals surface area contributed by atoms with E-state index in [4.69, 9.17) is 14.0 Å². The highest BCUT2D eigenvalue weighted by molar-refractivity contribution is 6.62. The average Bonchev–Trinajstić information content (AvgIpc) is 3.08. The van der Waals surface area contributed by atoms with E-state index in [2.05, 4.69) is 4.98 Å². The molecular weight excluding hydrogens is 455 g/mol. The molecule has 1 aromatic carbocycles. The van der Waals surface area contributed by atoms with Gasteiger partial charge in [0.2, 0.25) is 0 Å². The SMILES string of the molecule is CC1(C)OB(c2ccc(C(=O)C3CC4CCCC(C3)N4C(=O)OCc3ccccc3)nc2)OC1(C)C. The van der Waals surface area contributed by atoms with Crippen molar-refractivity contribution >= 4 is 24.5 Å². The molecule has 5 rings (SSSR count). The van der Waals surface area contributed by atoms with E-state index in [1.807, 2.05) is 69.0 Å². The van der Waals surface area contributed by atoms with Crippen molar-refractivity contribution in [2.24, 2.45) is 5.92 Å². The number of benzene rings is 1. The maximum absolute atomic E-state index is 13.4. The van der Waals surface area contributed by atoms with Crippen LogP contribution in [0.5, 0.6) is 0 Å². The second-order valence-corrected chi connectivity index (χ2v) is 11.3. The van der Waals surface area contributed by atoms with Gasteiger partial charge in [-0.05, 0) is 71.4 Å². The monoisotopic (exact) mass is 490 g/mol. The quantitative estimate of drug-likeness (QED) is 0.453. The zero-order chi connectivity index (χ0) is 25.5. The summed E-state index contributed by atoms with van der Waals surface area (Å²) in [5, 5.41) is 0. The minimum absolute atomic E-state index is 0.0266. The molecule has 8 heteroatoms. The van der Waals surface area contributed by atoms with Crippen LogP contribution in [0.2, 0.25) is 0 Å². The number of pyridine rings is 1. The largest absolute Gasteiger partial charge is 0.496 e. The van der Waals surface area contributed by atoms with E-state index < -0.39 is 18.3 Å². The Labute approximate surface area is 213 Å². The first kappa shape index (κ1) is 25.0. The van der Waals surface area contributed by atoms with Gasteiger partial charge in [0.1, 0.15) is 12.3 Å². The summed E-state index contributed by atoms with van der Waals surface area (Å²) in [5.41, 5.74) is 1.37. The Morgan fingerprint density at radius 2 is 1.64 bits per heavy atom. The first-order chi connectivity index (χ1) is 17.1. The summed E-state index contributed by atoms with van der Waals surface area (Å²) in [6.45, 7) is 8.31. The molecule has 2 atom stereocenters. The van der Waals surface area contributed by atoms with Gasteiger partial charge < -0.3 is 18.9 Å². The van der Waals surface area contributed by atoms with Gasteiger partial charge in [0.25, 0.3) is 0 Å². The van der Waals surface area contributed by atoms with Crippen LogP contribution in [0, 0.1) is 5.92 Å². The van der Waals surface area contributed by atoms with Crippen molar-refractivity contribution in [3.8, 4) is 0 Å². The van der Waals surface area contributed by atoms with Crippen molar-refractivity contribution in [2.75, 3.05) is 0 Å². The van der Waals surface area contributed by atoms with Crippen LogP contribution in [-0.2, 0) is 20.7 Å². The fourth-order valence-electron chi connectivity index (χ4n) is 5.57. The van der Waals surface area contributed by atoms with Crippen LogP contribution in [0.25, 0.3) is 0 Å². The van der Waals surface area contributed by atoms with Gasteiger partial charge in [0, 0.05) is 29.7 Å². The van der Waals surface area contributed by atoms with E-state index in [0.717, 1.165) is 30.3 Å². The van der Waals surface area contributed by atoms with Crippen LogP contribution >= 0.6 is 0 Å². The fraction of sp³-hybridized carbons (Fsp3) is 0.536. The van der Waals surface area contributed by atoms with Crippen LogP contribution < -0.4 is 5.46 Å². The first-order valence-electron chi connectivity index (χ1n) is 13.0. The molecule has 190 valence electrons. The van der Waals surface area contributed by atoms with E-state index in [1.54, 1.807) is 12.3 Å². The molecule has 3 saturated heterocycles. The number of hydrogen-bond donors (Lipinski definition) is 0. The number of hydrogen-bond acceptors (Lipinski definition) is 6. The number of aromatic nitrogens is 1. The number of carbonyl (C=O) groups is 2. The van der Waals surface area contributed by atoms with Gasteiger partial charge in [-0.15, -0.1) is 0 Å². The summed E-state index contributed by atoms with van der Waals surface area (Å²) in [7, 11) is -0.504. The molecule has 0 radical (unpaired) electrons. The Hall–Kier alpha value is -2.71. The van der Waals surface area contributed by atoms with Crippen molar-refractivity contribution in [2.45, 2.75) is 89.7 Å². The number of Topliss-reactive ketones (excluding diaryl/α,β-unsaturated/α-hetero) is 1. The molecule has 3 aliphatic rings. The van der Waals surface area contributed by atoms with E-state index in [9.17, 15) is 9.59 Å². The highest BCUT2D eigenvalue weighted by Gasteiger charge is 2.52. The molecule has 3 aliphatic heterocycles. The molecule has 2 unspecified atom stereocenters. The Balaban J connectivity index is 1.22. The fourth-order valence-corrected chi connectivity index (χ4v) is 5.57. The van der Waals surface area contributed by atoms with Gasteiger partial charge in [0.15, 0.2) is 5.78 Å². The lowest BCUT2D eigenvalue weighted by Crippen LogP contribution is -2.55. The average molecular weight is 490 g/mol. The number of fused-ring (bicyclic) bond motifs is 2. The molecular formula is C28H35BN2O5. The summed E-state index contributed by atoms with van der Waals surface area (Å²) in [5.74, 6) is -0.0988. The lowest BCUT2D eigenvalue weighted by Gasteiger charge is -2.47. The molecule has 2 bridgehead atoms. The summed E-state index contributed by atoms with van der Waals surface area (Å²) >= 11 is 0. The number of piperidine rings is 2. The van der Waals surface area contributed by atoms with Crippen molar-refractivity contribution in [3.63, 3.8) is 0 Å². The third-order valence-corrected chi connectivity index (χ3v) is 8.33. The van der Waals surface area contributed by atoms with E-state index in [1.165, 1.54) is 0 Å². The first-order valence-corrected chi connectivity index (χ1v) is 13.0. The topological polar surface area (TPSA) is 78.0 Å². The Bertz CT molecular complexity index is 1070. The highest BCUT2D eigenvalue weighted by atomic mass is 16.7. The van der Waals surface area contributed by atoms with Gasteiger partial charge in [-0.25, -0.2) is 4.79 Å². The van der Waals surface area contributed by atoms with E-state index >= 15 is 0 Å². The molecule has 3 fully saturated rings.